The van der Waals surface area contributed by atoms with E-state index in [1.165, 1.54) is 12.0 Å². The van der Waals surface area contributed by atoms with Crippen LogP contribution in [0.5, 0.6) is 0 Å². The molecule has 190 valence electrons. The Hall–Kier alpha value is -4.01. The molecule has 3 N–H and O–H groups in total. The lowest BCUT2D eigenvalue weighted by Gasteiger charge is -2.32. The predicted octanol–water partition coefficient (Wildman–Crippen LogP) is 3.71. The molecular weight excluding hydrogens is 460 g/mol. The minimum atomic E-state index is -0.675. The second-order valence-corrected chi connectivity index (χ2v) is 9.87. The van der Waals surface area contributed by atoms with Crippen molar-refractivity contribution in [3.05, 3.63) is 65.9 Å². The number of rotatable bonds is 6. The van der Waals surface area contributed by atoms with E-state index in [9.17, 15) is 14.4 Å². The second-order valence-electron chi connectivity index (χ2n) is 9.87. The van der Waals surface area contributed by atoms with E-state index in [-0.39, 0.29) is 19.0 Å². The van der Waals surface area contributed by atoms with Crippen molar-refractivity contribution in [1.29, 1.82) is 0 Å². The number of carbonyl (C=O) groups is 3. The minimum Gasteiger partial charge on any atom is -0.468 e. The molecule has 0 fully saturated rings. The van der Waals surface area contributed by atoms with Gasteiger partial charge in [-0.25, -0.2) is 4.79 Å². The first kappa shape index (κ1) is 25.1. The molecule has 0 saturated carbocycles. The van der Waals surface area contributed by atoms with E-state index < -0.39 is 29.7 Å². The topological polar surface area (TPSA) is 113 Å². The second kappa shape index (κ2) is 10.3. The highest BCUT2D eigenvalue weighted by molar-refractivity contribution is 6.01. The lowest BCUT2D eigenvalue weighted by Crippen LogP contribution is -2.54. The molecule has 9 nitrogen and oxygen atoms in total. The molecule has 1 aliphatic heterocycles. The number of para-hydroxylation sites is 2. The highest BCUT2D eigenvalue weighted by atomic mass is 16.6. The van der Waals surface area contributed by atoms with Crippen molar-refractivity contribution in [3.8, 4) is 0 Å². The van der Waals surface area contributed by atoms with Gasteiger partial charge in [0.1, 0.15) is 12.1 Å². The van der Waals surface area contributed by atoms with E-state index in [1.807, 2.05) is 42.6 Å². The zero-order valence-electron chi connectivity index (χ0n) is 21.0. The zero-order chi connectivity index (χ0) is 25.9. The molecule has 36 heavy (non-hydrogen) atoms. The van der Waals surface area contributed by atoms with Crippen molar-refractivity contribution in [1.82, 2.24) is 15.2 Å². The Morgan fingerprint density at radius 3 is 2.61 bits per heavy atom. The molecule has 0 saturated heterocycles. The number of benzene rings is 2. The fraction of sp³-hybridized carbons (Fsp3) is 0.370. The molecule has 4 rings (SSSR count). The van der Waals surface area contributed by atoms with Crippen LogP contribution >= 0.6 is 0 Å². The maximum absolute atomic E-state index is 13.3. The van der Waals surface area contributed by atoms with Gasteiger partial charge < -0.3 is 30.0 Å². The molecule has 2 aromatic carbocycles. The van der Waals surface area contributed by atoms with Crippen LogP contribution in [0.2, 0.25) is 0 Å². The maximum Gasteiger partial charge on any atom is 0.407 e. The fourth-order valence-electron chi connectivity index (χ4n) is 4.41. The largest absolute Gasteiger partial charge is 0.468 e. The van der Waals surface area contributed by atoms with E-state index >= 15 is 0 Å². The van der Waals surface area contributed by atoms with E-state index in [1.54, 1.807) is 32.9 Å². The molecule has 1 aliphatic rings. The van der Waals surface area contributed by atoms with Crippen LogP contribution in [0.3, 0.4) is 0 Å². The smallest absolute Gasteiger partial charge is 0.407 e. The number of ether oxygens (including phenoxy) is 2. The summed E-state index contributed by atoms with van der Waals surface area (Å²) in [6.07, 6.45) is 1.83. The molecule has 0 radical (unpaired) electrons. The van der Waals surface area contributed by atoms with Crippen LogP contribution in [0.15, 0.2) is 54.7 Å². The first-order valence-electron chi connectivity index (χ1n) is 11.9. The van der Waals surface area contributed by atoms with Gasteiger partial charge in [-0.1, -0.05) is 30.3 Å². The van der Waals surface area contributed by atoms with Gasteiger partial charge in [-0.05, 0) is 51.0 Å². The standard InChI is InChI=1S/C27H32N4O5/c1-27(2,3)36-26(34)30-22(13-17-14-28-20-11-7-5-9-18(17)20)23-15-31(16-24(32)35-4)25(33)19-10-6-8-12-21(19)29-23/h5-12,14,22-23,28-29H,13,15-16H2,1-4H3,(H,30,34)/t22-,23+/m0/s1. The quantitative estimate of drug-likeness (QED) is 0.452. The third-order valence-electron chi connectivity index (χ3n) is 6.05. The molecule has 3 aromatic rings. The number of amides is 2. The first-order valence-corrected chi connectivity index (χ1v) is 11.9. The molecule has 2 atom stereocenters. The van der Waals surface area contributed by atoms with Crippen LogP contribution < -0.4 is 10.6 Å². The van der Waals surface area contributed by atoms with Gasteiger partial charge in [-0.2, -0.15) is 0 Å². The minimum absolute atomic E-state index is 0.172. The van der Waals surface area contributed by atoms with Gasteiger partial charge in [0.2, 0.25) is 0 Å². The van der Waals surface area contributed by atoms with Crippen molar-refractivity contribution >= 4 is 34.6 Å². The number of nitrogens with one attached hydrogen (secondary N) is 3. The maximum atomic E-state index is 13.3. The third-order valence-corrected chi connectivity index (χ3v) is 6.05. The summed E-state index contributed by atoms with van der Waals surface area (Å²) >= 11 is 0. The predicted molar refractivity (Wildman–Crippen MR) is 137 cm³/mol. The van der Waals surface area contributed by atoms with Crippen LogP contribution in [0.4, 0.5) is 10.5 Å². The average Bonchev–Trinajstić information content (AvgIpc) is 3.17. The van der Waals surface area contributed by atoms with Crippen LogP contribution in [0, 0.1) is 0 Å². The number of hydrogen-bond acceptors (Lipinski definition) is 6. The van der Waals surface area contributed by atoms with Crippen molar-refractivity contribution in [2.45, 2.75) is 44.9 Å². The van der Waals surface area contributed by atoms with Gasteiger partial charge in [-0.15, -0.1) is 0 Å². The number of H-pyrrole nitrogens is 1. The van der Waals surface area contributed by atoms with Gasteiger partial charge in [0.15, 0.2) is 0 Å². The number of nitrogens with zero attached hydrogens (tertiary/aromatic N) is 1. The Kier molecular flexibility index (Phi) is 7.19. The van der Waals surface area contributed by atoms with E-state index in [0.29, 0.717) is 17.7 Å². The Labute approximate surface area is 210 Å². The highest BCUT2D eigenvalue weighted by Gasteiger charge is 2.34. The van der Waals surface area contributed by atoms with Crippen LogP contribution in [-0.2, 0) is 20.7 Å². The van der Waals surface area contributed by atoms with Gasteiger partial charge in [0.05, 0.1) is 24.8 Å². The first-order chi connectivity index (χ1) is 17.1. The van der Waals surface area contributed by atoms with Crippen LogP contribution in [-0.4, -0.2) is 65.7 Å². The van der Waals surface area contributed by atoms with E-state index in [4.69, 9.17) is 9.47 Å². The van der Waals surface area contributed by atoms with Gasteiger partial charge >= 0.3 is 12.1 Å². The fourth-order valence-corrected chi connectivity index (χ4v) is 4.41. The summed E-state index contributed by atoms with van der Waals surface area (Å²) in [6, 6.07) is 14.2. The lowest BCUT2D eigenvalue weighted by atomic mass is 9.98. The number of aromatic amines is 1. The number of carbonyl (C=O) groups excluding carboxylic acids is 3. The average molecular weight is 493 g/mol. The van der Waals surface area contributed by atoms with E-state index in [0.717, 1.165) is 16.5 Å². The molecule has 2 amide bonds. The third kappa shape index (κ3) is 5.79. The monoisotopic (exact) mass is 492 g/mol. The molecule has 0 aliphatic carbocycles. The van der Waals surface area contributed by atoms with Crippen LogP contribution in [0.1, 0.15) is 36.7 Å². The summed E-state index contributed by atoms with van der Waals surface area (Å²) in [5.41, 5.74) is 2.41. The SMILES string of the molecule is COC(=O)CN1C[C@H]([C@H](Cc2c[nH]c3ccccc23)NC(=O)OC(C)(C)C)Nc2ccccc2C1=O. The molecule has 2 heterocycles. The van der Waals surface area contributed by atoms with Crippen molar-refractivity contribution < 1.29 is 23.9 Å². The molecule has 0 unspecified atom stereocenters. The van der Waals surface area contributed by atoms with Crippen molar-refractivity contribution in [2.24, 2.45) is 0 Å². The molecule has 0 bridgehead atoms. The number of esters is 1. The summed E-state index contributed by atoms with van der Waals surface area (Å²) < 4.78 is 10.4. The molecular formula is C27H32N4O5. The summed E-state index contributed by atoms with van der Waals surface area (Å²) in [6.45, 7) is 5.38. The number of methoxy groups -OCH3 is 1. The lowest BCUT2D eigenvalue weighted by molar-refractivity contribution is -0.141. The number of anilines is 1. The number of fused-ring (bicyclic) bond motifs is 2. The summed E-state index contributed by atoms with van der Waals surface area (Å²) in [7, 11) is 1.29. The molecule has 1 aromatic heterocycles. The van der Waals surface area contributed by atoms with Crippen LogP contribution in [0.25, 0.3) is 10.9 Å². The molecule has 9 heteroatoms. The van der Waals surface area contributed by atoms with Gasteiger partial charge in [-0.3, -0.25) is 9.59 Å². The Balaban J connectivity index is 1.70. The van der Waals surface area contributed by atoms with Crippen molar-refractivity contribution in [3.63, 3.8) is 0 Å². The summed E-state index contributed by atoms with van der Waals surface area (Å²) in [5.74, 6) is -0.802. The summed E-state index contributed by atoms with van der Waals surface area (Å²) in [4.78, 5) is 43.1. The molecule has 0 spiro atoms. The summed E-state index contributed by atoms with van der Waals surface area (Å²) in [5, 5.41) is 7.51. The van der Waals surface area contributed by atoms with E-state index in [2.05, 4.69) is 15.6 Å². The Morgan fingerprint density at radius 1 is 1.14 bits per heavy atom. The normalized spacial score (nSPS) is 16.5. The zero-order valence-corrected chi connectivity index (χ0v) is 21.0. The number of hydrogen-bond donors (Lipinski definition) is 3. The highest BCUT2D eigenvalue weighted by Crippen LogP contribution is 2.26. The van der Waals surface area contributed by atoms with Crippen molar-refractivity contribution in [2.75, 3.05) is 25.5 Å². The Bertz CT molecular complexity index is 1260. The number of aromatic nitrogens is 1. The van der Waals surface area contributed by atoms with Gasteiger partial charge in [0, 0.05) is 29.3 Å². The number of alkyl carbamates (subject to hydrolysis) is 1. The van der Waals surface area contributed by atoms with Gasteiger partial charge in [0.25, 0.3) is 5.91 Å². The Morgan fingerprint density at radius 2 is 1.86 bits per heavy atom.